The summed E-state index contributed by atoms with van der Waals surface area (Å²) in [5.41, 5.74) is 1.15. The lowest BCUT2D eigenvalue weighted by atomic mass is 9.96. The second kappa shape index (κ2) is 8.43. The fraction of sp³-hybridized carbons (Fsp3) is 0.500. The number of piperidine rings is 1. The molecule has 27 heavy (non-hydrogen) atoms. The standard InChI is InChI=1S/C20H26N6O/c27-19(26-10-2-1-6-18(26)17-5-3-7-21-15-17)16-24-11-13-25(14-12-24)20-22-8-4-9-23-20/h3-5,7-9,15,18H,1-2,6,10-14,16H2/t18-/m1/s1. The number of nitrogens with zero attached hydrogens (tertiary/aromatic N) is 6. The third-order valence-corrected chi connectivity index (χ3v) is 5.46. The van der Waals surface area contributed by atoms with Crippen LogP contribution in [0.25, 0.3) is 0 Å². The van der Waals surface area contributed by atoms with E-state index in [1.165, 1.54) is 6.42 Å². The highest BCUT2D eigenvalue weighted by Crippen LogP contribution is 2.30. The number of aromatic nitrogens is 3. The van der Waals surface area contributed by atoms with Crippen LogP contribution in [-0.2, 0) is 4.79 Å². The third-order valence-electron chi connectivity index (χ3n) is 5.46. The fourth-order valence-electron chi connectivity index (χ4n) is 3.99. The van der Waals surface area contributed by atoms with Crippen molar-refractivity contribution in [3.8, 4) is 0 Å². The first kappa shape index (κ1) is 17.9. The van der Waals surface area contributed by atoms with Crippen molar-refractivity contribution < 1.29 is 4.79 Å². The predicted octanol–water partition coefficient (Wildman–Crippen LogP) is 1.75. The quantitative estimate of drug-likeness (QED) is 0.821. The molecule has 1 amide bonds. The van der Waals surface area contributed by atoms with Gasteiger partial charge in [-0.1, -0.05) is 6.07 Å². The molecule has 2 aromatic rings. The normalized spacial score (nSPS) is 21.3. The number of amides is 1. The van der Waals surface area contributed by atoms with Gasteiger partial charge < -0.3 is 9.80 Å². The molecule has 2 aromatic heterocycles. The van der Waals surface area contributed by atoms with Crippen molar-refractivity contribution in [2.45, 2.75) is 25.3 Å². The van der Waals surface area contributed by atoms with Gasteiger partial charge in [0.15, 0.2) is 0 Å². The highest BCUT2D eigenvalue weighted by Gasteiger charge is 2.30. The monoisotopic (exact) mass is 366 g/mol. The number of likely N-dealkylation sites (tertiary alicyclic amines) is 1. The van der Waals surface area contributed by atoms with Crippen LogP contribution >= 0.6 is 0 Å². The average molecular weight is 366 g/mol. The topological polar surface area (TPSA) is 65.5 Å². The van der Waals surface area contributed by atoms with E-state index in [1.54, 1.807) is 18.6 Å². The van der Waals surface area contributed by atoms with Crippen molar-refractivity contribution in [2.75, 3.05) is 44.2 Å². The molecule has 0 unspecified atom stereocenters. The summed E-state index contributed by atoms with van der Waals surface area (Å²) in [5, 5.41) is 0. The van der Waals surface area contributed by atoms with Gasteiger partial charge in [0, 0.05) is 57.5 Å². The summed E-state index contributed by atoms with van der Waals surface area (Å²) in [6, 6.07) is 6.04. The maximum atomic E-state index is 13.0. The van der Waals surface area contributed by atoms with E-state index in [1.807, 2.05) is 18.3 Å². The van der Waals surface area contributed by atoms with E-state index in [2.05, 4.69) is 35.7 Å². The Balaban J connectivity index is 1.34. The smallest absolute Gasteiger partial charge is 0.237 e. The molecule has 4 rings (SSSR count). The number of anilines is 1. The molecule has 7 heteroatoms. The Bertz CT molecular complexity index is 733. The number of carbonyl (C=O) groups is 1. The summed E-state index contributed by atoms with van der Waals surface area (Å²) in [6.45, 7) is 4.74. The summed E-state index contributed by atoms with van der Waals surface area (Å²) >= 11 is 0. The molecule has 2 saturated heterocycles. The van der Waals surface area contributed by atoms with Crippen molar-refractivity contribution in [3.05, 3.63) is 48.5 Å². The summed E-state index contributed by atoms with van der Waals surface area (Å²) in [6.07, 6.45) is 10.5. The second-order valence-electron chi connectivity index (χ2n) is 7.20. The van der Waals surface area contributed by atoms with E-state index >= 15 is 0 Å². The van der Waals surface area contributed by atoms with E-state index in [0.717, 1.165) is 57.1 Å². The van der Waals surface area contributed by atoms with Gasteiger partial charge in [-0.3, -0.25) is 14.7 Å². The molecule has 2 fully saturated rings. The van der Waals surface area contributed by atoms with E-state index in [0.29, 0.717) is 6.54 Å². The Morgan fingerprint density at radius 1 is 1.00 bits per heavy atom. The summed E-state index contributed by atoms with van der Waals surface area (Å²) < 4.78 is 0. The third kappa shape index (κ3) is 4.24. The molecule has 0 saturated carbocycles. The minimum atomic E-state index is 0.166. The first-order valence-corrected chi connectivity index (χ1v) is 9.75. The summed E-state index contributed by atoms with van der Waals surface area (Å²) in [4.78, 5) is 32.4. The van der Waals surface area contributed by atoms with Gasteiger partial charge >= 0.3 is 0 Å². The molecule has 4 heterocycles. The van der Waals surface area contributed by atoms with Crippen molar-refractivity contribution in [1.82, 2.24) is 24.8 Å². The molecule has 0 aromatic carbocycles. The maximum absolute atomic E-state index is 13.0. The SMILES string of the molecule is O=C(CN1CCN(c2ncccn2)CC1)N1CCCC[C@@H]1c1cccnc1. The molecule has 142 valence electrons. The molecule has 0 bridgehead atoms. The first-order valence-electron chi connectivity index (χ1n) is 9.75. The largest absolute Gasteiger partial charge is 0.338 e. The van der Waals surface area contributed by atoms with Crippen LogP contribution < -0.4 is 4.90 Å². The van der Waals surface area contributed by atoms with Gasteiger partial charge in [-0.15, -0.1) is 0 Å². The van der Waals surface area contributed by atoms with Crippen LogP contribution in [0.2, 0.25) is 0 Å². The molecule has 0 radical (unpaired) electrons. The molecular weight excluding hydrogens is 340 g/mol. The van der Waals surface area contributed by atoms with Crippen LogP contribution in [0.15, 0.2) is 43.0 Å². The van der Waals surface area contributed by atoms with Crippen molar-refractivity contribution >= 4 is 11.9 Å². The Hall–Kier alpha value is -2.54. The number of hydrogen-bond acceptors (Lipinski definition) is 6. The van der Waals surface area contributed by atoms with E-state index < -0.39 is 0 Å². The second-order valence-corrected chi connectivity index (χ2v) is 7.20. The maximum Gasteiger partial charge on any atom is 0.237 e. The van der Waals surface area contributed by atoms with Crippen molar-refractivity contribution in [1.29, 1.82) is 0 Å². The number of rotatable bonds is 4. The van der Waals surface area contributed by atoms with Gasteiger partial charge in [0.1, 0.15) is 0 Å². The molecule has 1 atom stereocenters. The molecule has 2 aliphatic rings. The lowest BCUT2D eigenvalue weighted by Crippen LogP contribution is -2.51. The summed E-state index contributed by atoms with van der Waals surface area (Å²) in [5.74, 6) is 1.00. The zero-order valence-corrected chi connectivity index (χ0v) is 15.6. The molecule has 0 N–H and O–H groups in total. The van der Waals surface area contributed by atoms with Gasteiger partial charge in [-0.2, -0.15) is 0 Å². The van der Waals surface area contributed by atoms with Gasteiger partial charge in [0.25, 0.3) is 0 Å². The van der Waals surface area contributed by atoms with Crippen molar-refractivity contribution in [3.63, 3.8) is 0 Å². The average Bonchev–Trinajstić information content (AvgIpc) is 2.75. The van der Waals surface area contributed by atoms with Crippen LogP contribution in [0.4, 0.5) is 5.95 Å². The zero-order chi connectivity index (χ0) is 18.5. The van der Waals surface area contributed by atoms with Crippen molar-refractivity contribution in [2.24, 2.45) is 0 Å². The predicted molar refractivity (Wildman–Crippen MR) is 103 cm³/mol. The zero-order valence-electron chi connectivity index (χ0n) is 15.6. The fourth-order valence-corrected chi connectivity index (χ4v) is 3.99. The van der Waals surface area contributed by atoms with Crippen LogP contribution in [0.3, 0.4) is 0 Å². The Morgan fingerprint density at radius 2 is 1.81 bits per heavy atom. The van der Waals surface area contributed by atoms with Crippen LogP contribution in [0.5, 0.6) is 0 Å². The minimum absolute atomic E-state index is 0.166. The Labute approximate surface area is 160 Å². The molecule has 2 aliphatic heterocycles. The van der Waals surface area contributed by atoms with Gasteiger partial charge in [0.05, 0.1) is 12.6 Å². The van der Waals surface area contributed by atoms with Gasteiger partial charge in [-0.05, 0) is 37.0 Å². The molecular formula is C20H26N6O. The first-order chi connectivity index (χ1) is 13.3. The number of hydrogen-bond donors (Lipinski definition) is 0. The van der Waals surface area contributed by atoms with E-state index in [9.17, 15) is 4.79 Å². The molecule has 0 spiro atoms. The highest BCUT2D eigenvalue weighted by atomic mass is 16.2. The molecule has 7 nitrogen and oxygen atoms in total. The highest BCUT2D eigenvalue weighted by molar-refractivity contribution is 5.79. The lowest BCUT2D eigenvalue weighted by molar-refractivity contribution is -0.136. The summed E-state index contributed by atoms with van der Waals surface area (Å²) in [7, 11) is 0. The van der Waals surface area contributed by atoms with Crippen LogP contribution in [0.1, 0.15) is 30.9 Å². The van der Waals surface area contributed by atoms with E-state index in [-0.39, 0.29) is 11.9 Å². The van der Waals surface area contributed by atoms with Gasteiger partial charge in [-0.25, -0.2) is 9.97 Å². The lowest BCUT2D eigenvalue weighted by Gasteiger charge is -2.39. The Kier molecular flexibility index (Phi) is 5.58. The molecule has 0 aliphatic carbocycles. The number of pyridine rings is 1. The minimum Gasteiger partial charge on any atom is -0.338 e. The number of carbonyl (C=O) groups excluding carboxylic acids is 1. The van der Waals surface area contributed by atoms with E-state index in [4.69, 9.17) is 0 Å². The number of piperazine rings is 1. The Morgan fingerprint density at radius 3 is 2.56 bits per heavy atom. The van der Waals surface area contributed by atoms with Crippen LogP contribution in [0, 0.1) is 0 Å². The van der Waals surface area contributed by atoms with Crippen LogP contribution in [-0.4, -0.2) is 69.9 Å². The van der Waals surface area contributed by atoms with Gasteiger partial charge in [0.2, 0.25) is 11.9 Å².